The van der Waals surface area contributed by atoms with Gasteiger partial charge in [0.05, 0.1) is 18.0 Å². The summed E-state index contributed by atoms with van der Waals surface area (Å²) in [5.41, 5.74) is 7.66. The number of esters is 1. The highest BCUT2D eigenvalue weighted by molar-refractivity contribution is 5.96. The zero-order chi connectivity index (χ0) is 31.2. The Balaban J connectivity index is 1.22. The Morgan fingerprint density at radius 3 is 2.69 bits per heavy atom. The molecule has 0 atom stereocenters. The van der Waals surface area contributed by atoms with Gasteiger partial charge in [0.15, 0.2) is 0 Å². The van der Waals surface area contributed by atoms with Crippen LogP contribution in [-0.2, 0) is 36.0 Å². The molecule has 0 radical (unpaired) electrons. The van der Waals surface area contributed by atoms with Crippen LogP contribution < -0.4 is 15.8 Å². The number of allylic oxidation sites excluding steroid dienone is 2. The van der Waals surface area contributed by atoms with E-state index < -0.39 is 5.97 Å². The maximum absolute atomic E-state index is 14.0. The fourth-order valence-electron chi connectivity index (χ4n) is 6.99. The third-order valence-corrected chi connectivity index (χ3v) is 9.31. The zero-order valence-corrected chi connectivity index (χ0v) is 25.7. The third-order valence-electron chi connectivity index (χ3n) is 9.31. The largest absolute Gasteiger partial charge is 0.461 e. The number of hydrogen-bond acceptors (Lipinski definition) is 8. The number of ether oxygens (including phenoxy) is 1. The molecule has 45 heavy (non-hydrogen) atoms. The lowest BCUT2D eigenvalue weighted by molar-refractivity contribution is -0.139. The molecular weight excluding hydrogens is 572 g/mol. The number of rotatable bonds is 7. The van der Waals surface area contributed by atoms with Gasteiger partial charge in [-0.2, -0.15) is 0 Å². The minimum absolute atomic E-state index is 0.0254. The van der Waals surface area contributed by atoms with Gasteiger partial charge in [-0.15, -0.1) is 0 Å². The lowest BCUT2D eigenvalue weighted by Crippen LogP contribution is -2.50. The molecule has 0 saturated carbocycles. The van der Waals surface area contributed by atoms with Crippen LogP contribution in [0.25, 0.3) is 5.57 Å². The van der Waals surface area contributed by atoms with Crippen molar-refractivity contribution in [2.45, 2.75) is 58.1 Å². The van der Waals surface area contributed by atoms with Crippen molar-refractivity contribution < 1.29 is 19.4 Å². The Hall–Kier alpha value is -4.64. The molecule has 1 amide bonds. The third kappa shape index (κ3) is 5.45. The van der Waals surface area contributed by atoms with E-state index >= 15 is 0 Å². The van der Waals surface area contributed by atoms with Crippen molar-refractivity contribution in [2.75, 3.05) is 36.5 Å². The number of nitrogens with zero attached hydrogens (tertiary/aromatic N) is 5. The van der Waals surface area contributed by atoms with Crippen molar-refractivity contribution in [1.29, 1.82) is 0 Å². The number of anilines is 3. The van der Waals surface area contributed by atoms with E-state index in [0.717, 1.165) is 66.0 Å². The number of aryl methyl sites for hydroxylation is 2. The van der Waals surface area contributed by atoms with E-state index in [1.165, 1.54) is 22.7 Å². The number of carbonyl (C=O) groups is 2. The van der Waals surface area contributed by atoms with Crippen molar-refractivity contribution >= 4 is 34.6 Å². The van der Waals surface area contributed by atoms with Crippen LogP contribution in [0.1, 0.15) is 59.9 Å². The Kier molecular flexibility index (Phi) is 7.56. The summed E-state index contributed by atoms with van der Waals surface area (Å²) in [6.45, 7) is 3.83. The number of fused-ring (bicyclic) bond motifs is 3. The molecule has 7 rings (SSSR count). The summed E-state index contributed by atoms with van der Waals surface area (Å²) in [7, 11) is 1.71. The number of β-amino-alcohol motifs (C(OH)–C–C–N with tert-alkyl or cyclic N) is 1. The smallest absolute Gasteiger partial charge is 0.302 e. The Labute approximate surface area is 261 Å². The second-order valence-electron chi connectivity index (χ2n) is 12.3. The number of aromatic nitrogens is 3. The topological polar surface area (TPSA) is 122 Å². The second-order valence-corrected chi connectivity index (χ2v) is 12.3. The van der Waals surface area contributed by atoms with Crippen LogP contribution in [0.3, 0.4) is 0 Å². The molecule has 1 fully saturated rings. The van der Waals surface area contributed by atoms with Crippen molar-refractivity contribution in [3.05, 3.63) is 86.9 Å². The van der Waals surface area contributed by atoms with Crippen molar-refractivity contribution in [1.82, 2.24) is 19.0 Å². The molecule has 1 saturated heterocycles. The van der Waals surface area contributed by atoms with Crippen molar-refractivity contribution in [3.8, 4) is 0 Å². The van der Waals surface area contributed by atoms with Gasteiger partial charge in [-0.1, -0.05) is 6.08 Å². The molecule has 3 aromatic rings. The summed E-state index contributed by atoms with van der Waals surface area (Å²) in [6.07, 6.45) is 11.0. The van der Waals surface area contributed by atoms with Crippen molar-refractivity contribution in [2.24, 2.45) is 7.05 Å². The van der Waals surface area contributed by atoms with Gasteiger partial charge < -0.3 is 34.1 Å². The number of aliphatic hydroxyl groups is 1. The Morgan fingerprint density at radius 1 is 1.11 bits per heavy atom. The summed E-state index contributed by atoms with van der Waals surface area (Å²) in [5.74, 6) is 0.0916. The number of amides is 1. The summed E-state index contributed by atoms with van der Waals surface area (Å²) in [4.78, 5) is 47.5. The molecule has 0 spiro atoms. The Morgan fingerprint density at radius 2 is 1.93 bits per heavy atom. The standard InChI is InChI=1S/C34H38N6O5/c1-21(41)45-20-27-26(7-5-9-30(27)40-13-12-39-29-8-4-3-6-22(29)15-31(39)34(40)44)23-14-28(33(43)37(2)17-23)36-32-11-10-24(16-35-32)38-18-25(42)19-38/h9-11,14-17,25,42H,3-8,12-13,18-20H2,1-2H3,(H,35,36). The summed E-state index contributed by atoms with van der Waals surface area (Å²) >= 11 is 0. The second kappa shape index (κ2) is 11.7. The van der Waals surface area contributed by atoms with Crippen LogP contribution in [-0.4, -0.2) is 68.3 Å². The monoisotopic (exact) mass is 610 g/mol. The molecule has 3 aromatic heterocycles. The fourth-order valence-corrected chi connectivity index (χ4v) is 6.99. The average molecular weight is 611 g/mol. The van der Waals surface area contributed by atoms with Crippen LogP contribution in [0, 0.1) is 0 Å². The molecular formula is C34H38N6O5. The van der Waals surface area contributed by atoms with Crippen LogP contribution in [0.5, 0.6) is 0 Å². The van der Waals surface area contributed by atoms with Crippen LogP contribution in [0.15, 0.2) is 58.8 Å². The first-order valence-corrected chi connectivity index (χ1v) is 15.7. The number of aliphatic hydroxyl groups excluding tert-OH is 1. The maximum Gasteiger partial charge on any atom is 0.302 e. The first kappa shape index (κ1) is 29.1. The van der Waals surface area contributed by atoms with Gasteiger partial charge in [-0.05, 0) is 79.5 Å². The van der Waals surface area contributed by atoms with Gasteiger partial charge in [0.2, 0.25) is 0 Å². The van der Waals surface area contributed by atoms with E-state index in [-0.39, 0.29) is 24.2 Å². The molecule has 2 N–H and O–H groups in total. The van der Waals surface area contributed by atoms with E-state index in [0.29, 0.717) is 44.0 Å². The maximum atomic E-state index is 14.0. The van der Waals surface area contributed by atoms with Gasteiger partial charge in [-0.3, -0.25) is 14.4 Å². The fraction of sp³-hybridized carbons (Fsp3) is 0.412. The van der Waals surface area contributed by atoms with Gasteiger partial charge in [-0.25, -0.2) is 4.98 Å². The van der Waals surface area contributed by atoms with E-state index in [1.807, 2.05) is 28.0 Å². The summed E-state index contributed by atoms with van der Waals surface area (Å²) in [6, 6.07) is 7.61. The van der Waals surface area contributed by atoms with Crippen LogP contribution in [0.4, 0.5) is 17.2 Å². The van der Waals surface area contributed by atoms with Crippen LogP contribution >= 0.6 is 0 Å². The summed E-state index contributed by atoms with van der Waals surface area (Å²) in [5, 5.41) is 12.8. The van der Waals surface area contributed by atoms with Gasteiger partial charge in [0.1, 0.15) is 23.8 Å². The zero-order valence-electron chi connectivity index (χ0n) is 25.7. The highest BCUT2D eigenvalue weighted by atomic mass is 16.5. The van der Waals surface area contributed by atoms with Crippen LogP contribution in [0.2, 0.25) is 0 Å². The lowest BCUT2D eigenvalue weighted by Gasteiger charge is -2.37. The molecule has 2 aliphatic heterocycles. The molecule has 0 unspecified atom stereocenters. The highest BCUT2D eigenvalue weighted by Gasteiger charge is 2.34. The minimum Gasteiger partial charge on any atom is -0.461 e. The van der Waals surface area contributed by atoms with Gasteiger partial charge in [0, 0.05) is 63.3 Å². The Bertz CT molecular complexity index is 1790. The average Bonchev–Trinajstić information content (AvgIpc) is 3.41. The molecule has 0 aromatic carbocycles. The quantitative estimate of drug-likeness (QED) is 0.390. The first-order valence-electron chi connectivity index (χ1n) is 15.7. The van der Waals surface area contributed by atoms with E-state index in [9.17, 15) is 19.5 Å². The highest BCUT2D eigenvalue weighted by Crippen LogP contribution is 2.37. The molecule has 5 heterocycles. The predicted octanol–water partition coefficient (Wildman–Crippen LogP) is 3.54. The number of hydrogen-bond donors (Lipinski definition) is 2. The van der Waals surface area contributed by atoms with Gasteiger partial charge in [0.25, 0.3) is 11.5 Å². The van der Waals surface area contributed by atoms with E-state index in [4.69, 9.17) is 4.74 Å². The molecule has 4 aliphatic rings. The SMILES string of the molecule is CC(=O)OCC1=C(c2cc(Nc3ccc(N4CC(O)C4)cn3)c(=O)n(C)c2)CCC=C1N1CCn2c(cc3c2CCCC3)C1=O. The normalized spacial score (nSPS) is 18.3. The number of pyridine rings is 2. The van der Waals surface area contributed by atoms with E-state index in [2.05, 4.69) is 27.0 Å². The van der Waals surface area contributed by atoms with Crippen molar-refractivity contribution in [3.63, 3.8) is 0 Å². The predicted molar refractivity (Wildman–Crippen MR) is 170 cm³/mol. The minimum atomic E-state index is -0.400. The summed E-state index contributed by atoms with van der Waals surface area (Å²) < 4.78 is 9.29. The number of nitrogens with one attached hydrogen (secondary N) is 1. The molecule has 0 bridgehead atoms. The molecule has 11 nitrogen and oxygen atoms in total. The van der Waals surface area contributed by atoms with Gasteiger partial charge >= 0.3 is 5.97 Å². The molecule has 234 valence electrons. The van der Waals surface area contributed by atoms with E-state index in [1.54, 1.807) is 19.4 Å². The molecule has 11 heteroatoms. The molecule has 2 aliphatic carbocycles. The first-order chi connectivity index (χ1) is 21.8. The lowest BCUT2D eigenvalue weighted by atomic mass is 9.89. The number of carbonyl (C=O) groups excluding carboxylic acids is 2.